The van der Waals surface area contributed by atoms with Crippen molar-refractivity contribution < 1.29 is 31.2 Å². The van der Waals surface area contributed by atoms with E-state index in [1.165, 1.54) is 36.2 Å². The number of anilines is 1. The number of ether oxygens (including phenoxy) is 1. The molecule has 0 spiro atoms. The number of halogens is 3. The van der Waals surface area contributed by atoms with Crippen LogP contribution in [0.25, 0.3) is 0 Å². The van der Waals surface area contributed by atoms with Gasteiger partial charge in [0.05, 0.1) is 22.0 Å². The fraction of sp³-hybridized carbons (Fsp3) is 0.333. The number of sulfone groups is 1. The molecule has 0 saturated carbocycles. The molecule has 0 aliphatic rings. The van der Waals surface area contributed by atoms with Gasteiger partial charge < -0.3 is 9.64 Å². The van der Waals surface area contributed by atoms with Crippen molar-refractivity contribution in [2.24, 2.45) is 0 Å². The van der Waals surface area contributed by atoms with Crippen LogP contribution in [0.2, 0.25) is 0 Å². The number of hydrogen-bond acceptors (Lipinski definition) is 6. The molecule has 11 heteroatoms. The number of benzene rings is 2. The van der Waals surface area contributed by atoms with Crippen molar-refractivity contribution in [3.05, 3.63) is 58.1 Å². The van der Waals surface area contributed by atoms with Crippen LogP contribution in [0.1, 0.15) is 12.0 Å². The first-order chi connectivity index (χ1) is 13.4. The summed E-state index contributed by atoms with van der Waals surface area (Å²) in [6.45, 7) is 0.532. The third kappa shape index (κ3) is 6.08. The molecule has 0 aromatic heterocycles. The maximum absolute atomic E-state index is 12.8. The number of rotatable bonds is 8. The largest absolute Gasteiger partial charge is 0.494 e. The summed E-state index contributed by atoms with van der Waals surface area (Å²) in [5, 5.41) is 11.2. The summed E-state index contributed by atoms with van der Waals surface area (Å²) in [6, 6.07) is 8.27. The lowest BCUT2D eigenvalue weighted by molar-refractivity contribution is -0.384. The van der Waals surface area contributed by atoms with Crippen LogP contribution in [-0.2, 0) is 16.0 Å². The molecule has 0 unspecified atom stereocenters. The number of alkyl halides is 3. The summed E-state index contributed by atoms with van der Waals surface area (Å²) in [5.74, 6) is 0.459. The molecule has 0 atom stereocenters. The highest BCUT2D eigenvalue weighted by atomic mass is 32.2. The van der Waals surface area contributed by atoms with Crippen molar-refractivity contribution in [3.63, 3.8) is 0 Å². The van der Waals surface area contributed by atoms with Gasteiger partial charge in [-0.1, -0.05) is 0 Å². The molecule has 0 amide bonds. The lowest BCUT2D eigenvalue weighted by atomic mass is 10.1. The van der Waals surface area contributed by atoms with Crippen LogP contribution in [0.15, 0.2) is 47.4 Å². The summed E-state index contributed by atoms with van der Waals surface area (Å²) in [7, 11) is -1.76. The Kier molecular flexibility index (Phi) is 6.73. The van der Waals surface area contributed by atoms with E-state index in [2.05, 4.69) is 0 Å². The third-order valence-electron chi connectivity index (χ3n) is 4.07. The second-order valence-electron chi connectivity index (χ2n) is 6.33. The van der Waals surface area contributed by atoms with Gasteiger partial charge in [-0.2, -0.15) is 13.2 Å². The molecule has 0 radical (unpaired) electrons. The molecule has 0 N–H and O–H groups in total. The van der Waals surface area contributed by atoms with E-state index < -0.39 is 32.2 Å². The van der Waals surface area contributed by atoms with Gasteiger partial charge in [0, 0.05) is 25.9 Å². The summed E-state index contributed by atoms with van der Waals surface area (Å²) in [6.07, 6.45) is -3.13. The maximum Gasteiger partial charge on any atom is 0.416 e. The molecule has 0 fully saturated rings. The van der Waals surface area contributed by atoms with Gasteiger partial charge in [-0.05, 0) is 42.8 Å². The Balaban J connectivity index is 1.97. The second-order valence-corrected chi connectivity index (χ2v) is 8.34. The van der Waals surface area contributed by atoms with Gasteiger partial charge in [-0.3, -0.25) is 10.1 Å². The SMILES string of the molecule is CN(CCCOc1ccc(S(C)(=O)=O)cc1)c1ccc(C(F)(F)F)cc1[N+](=O)[O-]. The highest BCUT2D eigenvalue weighted by Gasteiger charge is 2.33. The molecule has 2 rings (SSSR count). The number of hydrogen-bond donors (Lipinski definition) is 0. The van der Waals surface area contributed by atoms with E-state index in [9.17, 15) is 31.7 Å². The van der Waals surface area contributed by atoms with Gasteiger partial charge >= 0.3 is 6.18 Å². The molecule has 158 valence electrons. The van der Waals surface area contributed by atoms with Crippen LogP contribution in [0.4, 0.5) is 24.5 Å². The zero-order valence-corrected chi connectivity index (χ0v) is 16.5. The molecule has 0 aliphatic carbocycles. The molecule has 0 heterocycles. The lowest BCUT2D eigenvalue weighted by Crippen LogP contribution is -2.21. The predicted octanol–water partition coefficient (Wildman–Crippen LogP) is 3.92. The van der Waals surface area contributed by atoms with Crippen molar-refractivity contribution in [3.8, 4) is 5.75 Å². The molecule has 7 nitrogen and oxygen atoms in total. The maximum atomic E-state index is 12.8. The average Bonchev–Trinajstić information content (AvgIpc) is 2.63. The van der Waals surface area contributed by atoms with Gasteiger partial charge in [0.25, 0.3) is 5.69 Å². The lowest BCUT2D eigenvalue weighted by Gasteiger charge is -2.20. The van der Waals surface area contributed by atoms with Crippen molar-refractivity contribution in [1.29, 1.82) is 0 Å². The van der Waals surface area contributed by atoms with E-state index in [-0.39, 0.29) is 17.2 Å². The minimum atomic E-state index is -4.66. The van der Waals surface area contributed by atoms with Gasteiger partial charge in [0.1, 0.15) is 11.4 Å². The normalized spacial score (nSPS) is 11.9. The highest BCUT2D eigenvalue weighted by molar-refractivity contribution is 7.90. The monoisotopic (exact) mass is 432 g/mol. The Bertz CT molecular complexity index is 976. The fourth-order valence-electron chi connectivity index (χ4n) is 2.56. The van der Waals surface area contributed by atoms with Gasteiger partial charge in [-0.25, -0.2) is 8.42 Å². The average molecular weight is 432 g/mol. The predicted molar refractivity (Wildman–Crippen MR) is 101 cm³/mol. The number of nitrogens with zero attached hydrogens (tertiary/aromatic N) is 2. The first kappa shape index (κ1) is 22.5. The summed E-state index contributed by atoms with van der Waals surface area (Å²) in [4.78, 5) is 12.0. The smallest absolute Gasteiger partial charge is 0.416 e. The molecule has 0 saturated heterocycles. The van der Waals surface area contributed by atoms with E-state index in [0.717, 1.165) is 18.4 Å². The highest BCUT2D eigenvalue weighted by Crippen LogP contribution is 2.36. The van der Waals surface area contributed by atoms with Gasteiger partial charge in [-0.15, -0.1) is 0 Å². The van der Waals surface area contributed by atoms with Gasteiger partial charge in [0.2, 0.25) is 0 Å². The molecular weight excluding hydrogens is 413 g/mol. The van der Waals surface area contributed by atoms with Gasteiger partial charge in [0.15, 0.2) is 9.84 Å². The zero-order valence-electron chi connectivity index (χ0n) is 15.6. The fourth-order valence-corrected chi connectivity index (χ4v) is 3.19. The van der Waals surface area contributed by atoms with E-state index in [0.29, 0.717) is 24.8 Å². The molecule has 2 aromatic carbocycles. The number of nitro groups is 1. The van der Waals surface area contributed by atoms with Crippen LogP contribution in [0.5, 0.6) is 5.75 Å². The van der Waals surface area contributed by atoms with Crippen LogP contribution < -0.4 is 9.64 Å². The first-order valence-electron chi connectivity index (χ1n) is 8.39. The van der Waals surface area contributed by atoms with Crippen LogP contribution in [0, 0.1) is 10.1 Å². The zero-order chi connectivity index (χ0) is 21.8. The minimum Gasteiger partial charge on any atom is -0.494 e. The van der Waals surface area contributed by atoms with E-state index in [1.807, 2.05) is 0 Å². The quantitative estimate of drug-likeness (QED) is 0.357. The Morgan fingerprint density at radius 1 is 1.14 bits per heavy atom. The summed E-state index contributed by atoms with van der Waals surface area (Å²) >= 11 is 0. The second kappa shape index (κ2) is 8.68. The van der Waals surface area contributed by atoms with Crippen molar-refractivity contribution in [1.82, 2.24) is 0 Å². The molecular formula is C18H19F3N2O5S. The van der Waals surface area contributed by atoms with Crippen LogP contribution in [-0.4, -0.2) is 39.8 Å². The van der Waals surface area contributed by atoms with Crippen LogP contribution >= 0.6 is 0 Å². The minimum absolute atomic E-state index is 0.0699. The van der Waals surface area contributed by atoms with Crippen molar-refractivity contribution in [2.45, 2.75) is 17.5 Å². The Morgan fingerprint density at radius 2 is 1.76 bits per heavy atom. The first-order valence-corrected chi connectivity index (χ1v) is 10.3. The summed E-state index contributed by atoms with van der Waals surface area (Å²) in [5.41, 5.74) is -1.64. The Morgan fingerprint density at radius 3 is 2.28 bits per heavy atom. The van der Waals surface area contributed by atoms with E-state index >= 15 is 0 Å². The molecule has 2 aromatic rings. The molecule has 0 bridgehead atoms. The number of nitro benzene ring substituents is 1. The topological polar surface area (TPSA) is 89.8 Å². The molecule has 0 aliphatic heterocycles. The standard InChI is InChI=1S/C18H19F3N2O5S/c1-22(16-9-4-13(18(19,20)21)12-17(16)23(24)25)10-3-11-28-14-5-7-15(8-6-14)29(2,26)27/h4-9,12H,3,10-11H2,1-2H3. The van der Waals surface area contributed by atoms with Crippen molar-refractivity contribution in [2.75, 3.05) is 31.4 Å². The van der Waals surface area contributed by atoms with Crippen molar-refractivity contribution >= 4 is 21.2 Å². The van der Waals surface area contributed by atoms with Crippen LogP contribution in [0.3, 0.4) is 0 Å². The van der Waals surface area contributed by atoms with E-state index in [1.54, 1.807) is 0 Å². The molecule has 29 heavy (non-hydrogen) atoms. The Hall–Kier alpha value is -2.82. The Labute approximate surface area is 165 Å². The van der Waals surface area contributed by atoms with E-state index in [4.69, 9.17) is 4.74 Å². The third-order valence-corrected chi connectivity index (χ3v) is 5.20. The summed E-state index contributed by atoms with van der Waals surface area (Å²) < 4.78 is 66.6.